The summed E-state index contributed by atoms with van der Waals surface area (Å²) in [5, 5.41) is 3.37. The van der Waals surface area contributed by atoms with Crippen molar-refractivity contribution in [2.45, 2.75) is 46.2 Å². The number of amides is 2. The Balaban J connectivity index is 2.18. The predicted octanol–water partition coefficient (Wildman–Crippen LogP) is 4.87. The molecule has 2 rings (SSSR count). The number of benzene rings is 2. The molecular weight excluding hydrogens is 528 g/mol. The van der Waals surface area contributed by atoms with Gasteiger partial charge >= 0.3 is 0 Å². The molecule has 1 N–H and O–H groups in total. The van der Waals surface area contributed by atoms with Crippen molar-refractivity contribution in [3.63, 3.8) is 0 Å². The van der Waals surface area contributed by atoms with Crippen molar-refractivity contribution in [3.05, 3.63) is 63.9 Å². The van der Waals surface area contributed by atoms with Gasteiger partial charge in [-0.1, -0.05) is 49.2 Å². The van der Waals surface area contributed by atoms with E-state index in [0.29, 0.717) is 17.1 Å². The zero-order valence-electron chi connectivity index (χ0n) is 20.8. The van der Waals surface area contributed by atoms with Crippen LogP contribution in [0.15, 0.2) is 42.5 Å². The van der Waals surface area contributed by atoms with Crippen molar-refractivity contribution in [1.29, 1.82) is 0 Å². The van der Waals surface area contributed by atoms with Crippen LogP contribution < -0.4 is 9.62 Å². The third kappa shape index (κ3) is 8.94. The van der Waals surface area contributed by atoms with E-state index in [4.69, 9.17) is 23.2 Å². The summed E-state index contributed by atoms with van der Waals surface area (Å²) in [6.45, 7) is 6.11. The summed E-state index contributed by atoms with van der Waals surface area (Å²) in [5.41, 5.74) is 0.889. The van der Waals surface area contributed by atoms with Gasteiger partial charge in [0.05, 0.1) is 17.0 Å². The highest BCUT2D eigenvalue weighted by atomic mass is 35.5. The molecule has 36 heavy (non-hydrogen) atoms. The number of anilines is 1. The number of halogens is 3. The molecule has 0 aromatic heterocycles. The van der Waals surface area contributed by atoms with Gasteiger partial charge in [-0.2, -0.15) is 0 Å². The predicted molar refractivity (Wildman–Crippen MR) is 142 cm³/mol. The highest BCUT2D eigenvalue weighted by Gasteiger charge is 2.27. The molecule has 0 spiro atoms. The molecule has 0 radical (unpaired) electrons. The number of hydrogen-bond donors (Lipinski definition) is 1. The first kappa shape index (κ1) is 29.9. The lowest BCUT2D eigenvalue weighted by Crippen LogP contribution is -2.48. The maximum Gasteiger partial charge on any atom is 0.242 e. The van der Waals surface area contributed by atoms with Crippen molar-refractivity contribution < 1.29 is 22.4 Å². The van der Waals surface area contributed by atoms with E-state index in [9.17, 15) is 22.4 Å². The maximum absolute atomic E-state index is 13.4. The molecule has 198 valence electrons. The van der Waals surface area contributed by atoms with Crippen LogP contribution >= 0.6 is 23.2 Å². The topological polar surface area (TPSA) is 86.8 Å². The molecule has 2 amide bonds. The fourth-order valence-corrected chi connectivity index (χ4v) is 4.89. The van der Waals surface area contributed by atoms with Gasteiger partial charge in [0.1, 0.15) is 11.9 Å². The first-order valence-corrected chi connectivity index (χ1v) is 14.1. The average molecular weight is 561 g/mol. The van der Waals surface area contributed by atoms with Crippen LogP contribution in [0, 0.1) is 11.7 Å². The Morgan fingerprint density at radius 2 is 1.69 bits per heavy atom. The van der Waals surface area contributed by atoms with Crippen molar-refractivity contribution in [3.8, 4) is 0 Å². The normalized spacial score (nSPS) is 12.3. The minimum atomic E-state index is -3.71. The molecule has 0 bridgehead atoms. The average Bonchev–Trinajstić information content (AvgIpc) is 2.80. The number of nitrogens with zero attached hydrogens (tertiary/aromatic N) is 2. The van der Waals surface area contributed by atoms with E-state index in [-0.39, 0.29) is 54.4 Å². The number of carbonyl (C=O) groups excluding carboxylic acids is 2. The Bertz CT molecular complexity index is 1160. The fourth-order valence-electron chi connectivity index (χ4n) is 3.48. The summed E-state index contributed by atoms with van der Waals surface area (Å²) in [7, 11) is -3.71. The molecule has 0 aliphatic carbocycles. The molecule has 0 saturated heterocycles. The van der Waals surface area contributed by atoms with Crippen molar-refractivity contribution >= 4 is 50.7 Å². The Labute approximate surface area is 222 Å². The molecule has 0 fully saturated rings. The highest BCUT2D eigenvalue weighted by Crippen LogP contribution is 2.31. The summed E-state index contributed by atoms with van der Waals surface area (Å²) < 4.78 is 39.4. The van der Waals surface area contributed by atoms with Gasteiger partial charge in [0.15, 0.2) is 0 Å². The van der Waals surface area contributed by atoms with E-state index in [1.165, 1.54) is 29.2 Å². The lowest BCUT2D eigenvalue weighted by Gasteiger charge is -2.30. The van der Waals surface area contributed by atoms with E-state index in [1.807, 2.05) is 13.8 Å². The summed E-state index contributed by atoms with van der Waals surface area (Å²) in [6.07, 6.45) is 1.20. The van der Waals surface area contributed by atoms with E-state index in [0.717, 1.165) is 10.6 Å². The van der Waals surface area contributed by atoms with Gasteiger partial charge in [0.2, 0.25) is 21.8 Å². The second-order valence-corrected chi connectivity index (χ2v) is 11.7. The monoisotopic (exact) mass is 559 g/mol. The largest absolute Gasteiger partial charge is 0.354 e. The Morgan fingerprint density at radius 3 is 2.28 bits per heavy atom. The molecule has 0 aliphatic heterocycles. The molecule has 11 heteroatoms. The summed E-state index contributed by atoms with van der Waals surface area (Å²) in [4.78, 5) is 27.4. The van der Waals surface area contributed by atoms with Crippen molar-refractivity contribution in [2.75, 3.05) is 23.7 Å². The van der Waals surface area contributed by atoms with Crippen LogP contribution in [0.25, 0.3) is 0 Å². The lowest BCUT2D eigenvalue weighted by atomic mass is 10.1. The van der Waals surface area contributed by atoms with Crippen LogP contribution in [0.5, 0.6) is 0 Å². The number of hydrogen-bond acceptors (Lipinski definition) is 4. The standard InChI is InChI=1S/C25H32Cl2FN3O4S/c1-17(2)15-29-25(33)18(3)30(16-19-7-10-21(28)11-8-19)24(32)6-5-13-31(36(4,34)35)23-14-20(26)9-12-22(23)27/h7-12,14,17-18H,5-6,13,15-16H2,1-4H3,(H,29,33)/t18-/m0/s1. The Hall–Kier alpha value is -2.36. The zero-order chi connectivity index (χ0) is 27.0. The van der Waals surface area contributed by atoms with Gasteiger partial charge in [0, 0.05) is 31.1 Å². The Morgan fingerprint density at radius 1 is 1.06 bits per heavy atom. The molecule has 2 aromatic carbocycles. The van der Waals surface area contributed by atoms with Gasteiger partial charge in [-0.05, 0) is 55.2 Å². The molecule has 0 saturated carbocycles. The molecule has 0 aliphatic rings. The van der Waals surface area contributed by atoms with E-state index >= 15 is 0 Å². The first-order chi connectivity index (χ1) is 16.8. The Kier molecular flexibility index (Phi) is 11.0. The van der Waals surface area contributed by atoms with Crippen molar-refractivity contribution in [1.82, 2.24) is 10.2 Å². The number of sulfonamides is 1. The van der Waals surface area contributed by atoms with Gasteiger partial charge in [-0.15, -0.1) is 0 Å². The molecule has 0 heterocycles. The quantitative estimate of drug-likeness (QED) is 0.402. The van der Waals surface area contributed by atoms with Gasteiger partial charge in [-0.25, -0.2) is 12.8 Å². The van der Waals surface area contributed by atoms with Crippen LogP contribution in [0.3, 0.4) is 0 Å². The molecule has 2 aromatic rings. The molecular formula is C25H32Cl2FN3O4S. The minimum Gasteiger partial charge on any atom is -0.354 e. The number of carbonyl (C=O) groups is 2. The SMILES string of the molecule is CC(C)CNC(=O)[C@H](C)N(Cc1ccc(F)cc1)C(=O)CCCN(c1cc(Cl)ccc1Cl)S(C)(=O)=O. The number of nitrogens with one attached hydrogen (secondary N) is 1. The second kappa shape index (κ2) is 13.3. The smallest absolute Gasteiger partial charge is 0.242 e. The highest BCUT2D eigenvalue weighted by molar-refractivity contribution is 7.92. The third-order valence-corrected chi connectivity index (χ3v) is 7.18. The van der Waals surface area contributed by atoms with E-state index in [1.54, 1.807) is 25.1 Å². The lowest BCUT2D eigenvalue weighted by molar-refractivity contribution is -0.140. The third-order valence-electron chi connectivity index (χ3n) is 5.45. The summed E-state index contributed by atoms with van der Waals surface area (Å²) in [6, 6.07) is 9.42. The van der Waals surface area contributed by atoms with Gasteiger partial charge in [0.25, 0.3) is 0 Å². The van der Waals surface area contributed by atoms with Crippen LogP contribution in [-0.2, 0) is 26.2 Å². The number of rotatable bonds is 12. The summed E-state index contributed by atoms with van der Waals surface area (Å²) in [5.74, 6) is -0.803. The van der Waals surface area contributed by atoms with Crippen LogP contribution in [0.1, 0.15) is 39.2 Å². The van der Waals surface area contributed by atoms with E-state index < -0.39 is 21.9 Å². The van der Waals surface area contributed by atoms with Gasteiger partial charge in [-0.3, -0.25) is 13.9 Å². The summed E-state index contributed by atoms with van der Waals surface area (Å²) >= 11 is 12.2. The van der Waals surface area contributed by atoms with Crippen molar-refractivity contribution in [2.24, 2.45) is 5.92 Å². The first-order valence-electron chi connectivity index (χ1n) is 11.5. The molecule has 1 atom stereocenters. The molecule has 0 unspecified atom stereocenters. The van der Waals surface area contributed by atoms with Gasteiger partial charge < -0.3 is 10.2 Å². The van der Waals surface area contributed by atoms with E-state index in [2.05, 4.69) is 5.32 Å². The zero-order valence-corrected chi connectivity index (χ0v) is 23.1. The minimum absolute atomic E-state index is 0.0110. The van der Waals surface area contributed by atoms with Crippen LogP contribution in [0.2, 0.25) is 10.0 Å². The van der Waals surface area contributed by atoms with Crippen LogP contribution in [-0.4, -0.2) is 50.5 Å². The fraction of sp³-hybridized carbons (Fsp3) is 0.440. The molecule has 7 nitrogen and oxygen atoms in total. The second-order valence-electron chi connectivity index (χ2n) is 9.00. The van der Waals surface area contributed by atoms with Crippen LogP contribution in [0.4, 0.5) is 10.1 Å². The maximum atomic E-state index is 13.4.